The Morgan fingerprint density at radius 1 is 1.55 bits per heavy atom. The zero-order valence-corrected chi connectivity index (χ0v) is 9.21. The van der Waals surface area contributed by atoms with Crippen LogP contribution in [0.25, 0.3) is 0 Å². The van der Waals surface area contributed by atoms with Crippen LogP contribution in [0.3, 0.4) is 0 Å². The zero-order valence-electron chi connectivity index (χ0n) is 6.24. The van der Waals surface area contributed by atoms with Gasteiger partial charge in [-0.2, -0.15) is 0 Å². The summed E-state index contributed by atoms with van der Waals surface area (Å²) >= 11 is 0. The van der Waals surface area contributed by atoms with Crippen molar-refractivity contribution in [3.63, 3.8) is 0 Å². The van der Waals surface area contributed by atoms with Gasteiger partial charge in [-0.3, -0.25) is 0 Å². The summed E-state index contributed by atoms with van der Waals surface area (Å²) < 4.78 is 0. The van der Waals surface area contributed by atoms with Gasteiger partial charge in [-0.15, -0.1) is 0 Å². The van der Waals surface area contributed by atoms with Gasteiger partial charge in [-0.25, -0.2) is 9.78 Å². The van der Waals surface area contributed by atoms with Crippen LogP contribution in [0, 0.1) is 6.92 Å². The molecule has 0 aliphatic carbocycles. The van der Waals surface area contributed by atoms with Gasteiger partial charge in [0.05, 0.1) is 0 Å². The van der Waals surface area contributed by atoms with Gasteiger partial charge in [0, 0.05) is 25.7 Å². The second-order valence-corrected chi connectivity index (χ2v) is 2.03. The first kappa shape index (κ1) is 10.2. The minimum Gasteiger partial charge on any atom is -0.477 e. The Hall–Kier alpha value is -0.757. The summed E-state index contributed by atoms with van der Waals surface area (Å²) in [5, 5.41) is 8.41. The van der Waals surface area contributed by atoms with Crippen LogP contribution in [-0.4, -0.2) is 16.1 Å². The molecule has 0 aliphatic rings. The summed E-state index contributed by atoms with van der Waals surface area (Å²) in [5.41, 5.74) is 1.05. The van der Waals surface area contributed by atoms with E-state index in [1.165, 1.54) is 12.3 Å². The number of hydrogen-bond acceptors (Lipinski definition) is 2. The topological polar surface area (TPSA) is 50.2 Å². The summed E-state index contributed by atoms with van der Waals surface area (Å²) in [6.07, 6.45) is 1.53. The van der Waals surface area contributed by atoms with Crippen molar-refractivity contribution in [2.75, 3.05) is 0 Å². The molecule has 0 saturated carbocycles. The van der Waals surface area contributed by atoms with Gasteiger partial charge in [0.1, 0.15) is 5.69 Å². The minimum atomic E-state index is -0.986. The van der Waals surface area contributed by atoms with Crippen molar-refractivity contribution < 1.29 is 29.4 Å². The van der Waals surface area contributed by atoms with E-state index < -0.39 is 5.97 Å². The molecular formula is C7H7NO2Zn. The largest absolute Gasteiger partial charge is 0.477 e. The number of aryl methyl sites for hydroxylation is 1. The quantitative estimate of drug-likeness (QED) is 0.694. The molecule has 0 fully saturated rings. The third-order valence-corrected chi connectivity index (χ3v) is 1.13. The Morgan fingerprint density at radius 2 is 2.18 bits per heavy atom. The summed E-state index contributed by atoms with van der Waals surface area (Å²) in [6.45, 7) is 1.86. The number of carbonyl (C=O) groups is 1. The van der Waals surface area contributed by atoms with E-state index >= 15 is 0 Å². The molecule has 0 spiro atoms. The van der Waals surface area contributed by atoms with E-state index in [0.717, 1.165) is 5.56 Å². The van der Waals surface area contributed by atoms with Gasteiger partial charge < -0.3 is 5.11 Å². The molecule has 0 aliphatic heterocycles. The number of aromatic carboxylic acids is 1. The van der Waals surface area contributed by atoms with Gasteiger partial charge in [-0.1, -0.05) is 6.07 Å². The second kappa shape index (κ2) is 4.19. The molecule has 1 N–H and O–H groups in total. The molecule has 11 heavy (non-hydrogen) atoms. The molecule has 1 aromatic heterocycles. The van der Waals surface area contributed by atoms with Crippen LogP contribution in [0.15, 0.2) is 18.3 Å². The van der Waals surface area contributed by atoms with Crippen LogP contribution < -0.4 is 0 Å². The predicted octanol–water partition coefficient (Wildman–Crippen LogP) is 1.09. The third kappa shape index (κ3) is 2.77. The monoisotopic (exact) mass is 201 g/mol. The van der Waals surface area contributed by atoms with Crippen LogP contribution in [0.2, 0.25) is 0 Å². The number of carboxylic acids is 1. The molecule has 0 bridgehead atoms. The van der Waals surface area contributed by atoms with E-state index in [-0.39, 0.29) is 25.2 Å². The van der Waals surface area contributed by atoms with Crippen molar-refractivity contribution in [2.45, 2.75) is 6.92 Å². The van der Waals surface area contributed by atoms with E-state index in [4.69, 9.17) is 5.11 Å². The normalized spacial score (nSPS) is 8.45. The van der Waals surface area contributed by atoms with Gasteiger partial charge in [0.15, 0.2) is 0 Å². The first-order valence-corrected chi connectivity index (χ1v) is 2.86. The van der Waals surface area contributed by atoms with Gasteiger partial charge >= 0.3 is 5.97 Å². The molecule has 0 saturated heterocycles. The Morgan fingerprint density at radius 3 is 2.55 bits per heavy atom. The molecule has 3 nitrogen and oxygen atoms in total. The van der Waals surface area contributed by atoms with E-state index in [1.54, 1.807) is 6.07 Å². The molecule has 0 aromatic carbocycles. The van der Waals surface area contributed by atoms with Crippen LogP contribution >= 0.6 is 0 Å². The first-order chi connectivity index (χ1) is 4.70. The summed E-state index contributed by atoms with van der Waals surface area (Å²) in [4.78, 5) is 13.9. The van der Waals surface area contributed by atoms with Crippen molar-refractivity contribution in [3.05, 3.63) is 29.6 Å². The van der Waals surface area contributed by atoms with Crippen LogP contribution in [0.1, 0.15) is 16.1 Å². The van der Waals surface area contributed by atoms with Crippen molar-refractivity contribution in [1.29, 1.82) is 0 Å². The summed E-state index contributed by atoms with van der Waals surface area (Å²) in [6, 6.07) is 3.20. The maximum Gasteiger partial charge on any atom is 0.354 e. The molecule has 1 rings (SSSR count). The molecule has 54 valence electrons. The van der Waals surface area contributed by atoms with Gasteiger partial charge in [-0.05, 0) is 18.6 Å². The Bertz CT molecular complexity index is 245. The molecular weight excluding hydrogens is 195 g/mol. The maximum absolute atomic E-state index is 10.2. The van der Waals surface area contributed by atoms with Crippen molar-refractivity contribution >= 4 is 5.97 Å². The average molecular weight is 203 g/mol. The SMILES string of the molecule is Cc1ccc(C(=O)O)nc1.[Zn]. The summed E-state index contributed by atoms with van der Waals surface area (Å²) in [5.74, 6) is -0.986. The Kier molecular flexibility index (Phi) is 3.90. The molecule has 0 amide bonds. The first-order valence-electron chi connectivity index (χ1n) is 2.86. The van der Waals surface area contributed by atoms with E-state index in [2.05, 4.69) is 4.98 Å². The fourth-order valence-corrected chi connectivity index (χ4v) is 0.594. The molecule has 1 aromatic rings. The average Bonchev–Trinajstić information content (AvgIpc) is 1.88. The van der Waals surface area contributed by atoms with Gasteiger partial charge in [0.25, 0.3) is 0 Å². The fraction of sp³-hybridized carbons (Fsp3) is 0.143. The second-order valence-electron chi connectivity index (χ2n) is 2.03. The Labute approximate surface area is 77.2 Å². The van der Waals surface area contributed by atoms with E-state index in [9.17, 15) is 4.79 Å². The number of carboxylic acid groups (broad SMARTS) is 1. The van der Waals surface area contributed by atoms with Crippen LogP contribution in [0.5, 0.6) is 0 Å². The Balaban J connectivity index is 0.000001000. The van der Waals surface area contributed by atoms with Crippen LogP contribution in [0.4, 0.5) is 0 Å². The fourth-order valence-electron chi connectivity index (χ4n) is 0.594. The molecule has 0 atom stereocenters. The zero-order chi connectivity index (χ0) is 7.56. The number of rotatable bonds is 1. The number of nitrogens with zero attached hydrogens (tertiary/aromatic N) is 1. The molecule has 1 heterocycles. The number of hydrogen-bond donors (Lipinski definition) is 1. The number of aromatic nitrogens is 1. The van der Waals surface area contributed by atoms with Crippen LogP contribution in [-0.2, 0) is 19.5 Å². The number of pyridine rings is 1. The predicted molar refractivity (Wildman–Crippen MR) is 35.9 cm³/mol. The van der Waals surface area contributed by atoms with Crippen molar-refractivity contribution in [1.82, 2.24) is 4.98 Å². The minimum absolute atomic E-state index is 0. The molecule has 0 unspecified atom stereocenters. The maximum atomic E-state index is 10.2. The van der Waals surface area contributed by atoms with E-state index in [1.807, 2.05) is 6.92 Å². The van der Waals surface area contributed by atoms with Crippen molar-refractivity contribution in [3.8, 4) is 0 Å². The van der Waals surface area contributed by atoms with Gasteiger partial charge in [0.2, 0.25) is 0 Å². The van der Waals surface area contributed by atoms with Crippen molar-refractivity contribution in [2.24, 2.45) is 0 Å². The summed E-state index contributed by atoms with van der Waals surface area (Å²) in [7, 11) is 0. The standard InChI is InChI=1S/C7H7NO2.Zn/c1-5-2-3-6(7(9)10)8-4-5;/h2-4H,1H3,(H,9,10);. The smallest absolute Gasteiger partial charge is 0.354 e. The van der Waals surface area contributed by atoms with E-state index in [0.29, 0.717) is 0 Å². The molecule has 4 heteroatoms. The third-order valence-electron chi connectivity index (χ3n) is 1.13. The molecule has 0 radical (unpaired) electrons.